The predicted molar refractivity (Wildman–Crippen MR) is 79.9 cm³/mol. The van der Waals surface area contributed by atoms with E-state index in [4.69, 9.17) is 0 Å². The molecule has 0 bridgehead atoms. The lowest BCUT2D eigenvalue weighted by atomic mass is 9.90. The molecule has 3 nitrogen and oxygen atoms in total. The summed E-state index contributed by atoms with van der Waals surface area (Å²) < 4.78 is 0. The molecule has 1 fully saturated rings. The van der Waals surface area contributed by atoms with Crippen molar-refractivity contribution < 1.29 is 9.90 Å². The molecule has 0 saturated heterocycles. The van der Waals surface area contributed by atoms with E-state index < -0.39 is 0 Å². The number of halogens is 1. The molecule has 4 heteroatoms. The Bertz CT molecular complexity index is 457. The number of hydrogen-bond acceptors (Lipinski definition) is 2. The number of alkyl halides is 1. The van der Waals surface area contributed by atoms with E-state index in [0.717, 1.165) is 36.7 Å². The molecule has 0 radical (unpaired) electrons. The predicted octanol–water partition coefficient (Wildman–Crippen LogP) is 3.48. The van der Waals surface area contributed by atoms with Crippen LogP contribution >= 0.6 is 15.9 Å². The van der Waals surface area contributed by atoms with Crippen LogP contribution in [0.2, 0.25) is 0 Å². The average molecular weight is 326 g/mol. The Morgan fingerprint density at radius 2 is 2.21 bits per heavy atom. The minimum atomic E-state index is 0.0425. The minimum absolute atomic E-state index is 0.0425. The van der Waals surface area contributed by atoms with Crippen molar-refractivity contribution in [1.82, 2.24) is 4.90 Å². The number of phenolic OH excluding ortho intramolecular Hbond substituents is 1. The maximum Gasteiger partial charge on any atom is 0.254 e. The van der Waals surface area contributed by atoms with Crippen LogP contribution in [-0.2, 0) is 0 Å². The fraction of sp³-hybridized carbons (Fsp3) is 0.533. The number of carbonyl (C=O) groups is 1. The summed E-state index contributed by atoms with van der Waals surface area (Å²) in [5.74, 6) is 0.237. The molecule has 1 aromatic carbocycles. The molecule has 1 amide bonds. The second-order valence-electron chi connectivity index (χ2n) is 5.13. The highest BCUT2D eigenvalue weighted by molar-refractivity contribution is 9.09. The molecular formula is C15H20BrNO2. The van der Waals surface area contributed by atoms with E-state index in [9.17, 15) is 9.90 Å². The lowest BCUT2D eigenvalue weighted by molar-refractivity contribution is 0.0581. The molecule has 1 N–H and O–H groups in total. The Labute approximate surface area is 122 Å². The number of amides is 1. The summed E-state index contributed by atoms with van der Waals surface area (Å²) in [4.78, 5) is 14.5. The molecule has 0 heterocycles. The van der Waals surface area contributed by atoms with E-state index in [1.165, 1.54) is 6.42 Å². The monoisotopic (exact) mass is 325 g/mol. The molecule has 0 aromatic heterocycles. The van der Waals surface area contributed by atoms with Crippen LogP contribution in [0.3, 0.4) is 0 Å². The van der Waals surface area contributed by atoms with Gasteiger partial charge in [-0.25, -0.2) is 0 Å². The Balaban J connectivity index is 2.15. The van der Waals surface area contributed by atoms with Crippen LogP contribution in [0.5, 0.6) is 5.75 Å². The first-order chi connectivity index (χ1) is 9.13. The van der Waals surface area contributed by atoms with E-state index >= 15 is 0 Å². The third kappa shape index (κ3) is 3.30. The highest BCUT2D eigenvalue weighted by Gasteiger charge is 2.29. The molecule has 1 saturated carbocycles. The van der Waals surface area contributed by atoms with Crippen LogP contribution in [0.4, 0.5) is 0 Å². The zero-order chi connectivity index (χ0) is 13.8. The fourth-order valence-corrected chi connectivity index (χ4v) is 2.54. The first-order valence-corrected chi connectivity index (χ1v) is 7.92. The molecule has 0 spiro atoms. The number of phenols is 1. The van der Waals surface area contributed by atoms with E-state index in [1.807, 2.05) is 11.8 Å². The van der Waals surface area contributed by atoms with Crippen LogP contribution < -0.4 is 0 Å². The van der Waals surface area contributed by atoms with Crippen molar-refractivity contribution in [3.63, 3.8) is 0 Å². The zero-order valence-electron chi connectivity index (χ0n) is 11.2. The molecule has 0 unspecified atom stereocenters. The maximum absolute atomic E-state index is 12.5. The summed E-state index contributed by atoms with van der Waals surface area (Å²) in [6, 6.07) is 5.57. The third-order valence-electron chi connectivity index (χ3n) is 3.77. The van der Waals surface area contributed by atoms with E-state index in [-0.39, 0.29) is 11.7 Å². The van der Waals surface area contributed by atoms with Crippen LogP contribution in [0, 0.1) is 6.92 Å². The highest BCUT2D eigenvalue weighted by Crippen LogP contribution is 2.27. The first kappa shape index (κ1) is 14.4. The zero-order valence-corrected chi connectivity index (χ0v) is 12.8. The van der Waals surface area contributed by atoms with Gasteiger partial charge >= 0.3 is 0 Å². The quantitative estimate of drug-likeness (QED) is 0.842. The van der Waals surface area contributed by atoms with Gasteiger partial charge in [0.25, 0.3) is 5.91 Å². The van der Waals surface area contributed by atoms with Crippen LogP contribution in [-0.4, -0.2) is 33.8 Å². The summed E-state index contributed by atoms with van der Waals surface area (Å²) in [5, 5.41) is 10.6. The van der Waals surface area contributed by atoms with Crippen molar-refractivity contribution in [2.75, 3.05) is 11.9 Å². The van der Waals surface area contributed by atoms with E-state index in [2.05, 4.69) is 15.9 Å². The van der Waals surface area contributed by atoms with Crippen molar-refractivity contribution in [3.05, 3.63) is 29.3 Å². The number of aryl methyl sites for hydroxylation is 1. The fourth-order valence-electron chi connectivity index (χ4n) is 2.29. The van der Waals surface area contributed by atoms with Crippen molar-refractivity contribution in [2.45, 2.75) is 38.6 Å². The SMILES string of the molecule is Cc1ccc(C(=O)N(CCCBr)C2CCC2)cc1O. The Kier molecular flexibility index (Phi) is 4.86. The van der Waals surface area contributed by atoms with Gasteiger partial charge in [0.05, 0.1) is 0 Å². The normalized spacial score (nSPS) is 15.1. The van der Waals surface area contributed by atoms with Gasteiger partial charge in [0, 0.05) is 23.5 Å². The molecule has 2 rings (SSSR count). The van der Waals surface area contributed by atoms with Gasteiger partial charge in [-0.3, -0.25) is 4.79 Å². The second kappa shape index (κ2) is 6.42. The Hall–Kier alpha value is -1.03. The Morgan fingerprint density at radius 1 is 1.47 bits per heavy atom. The summed E-state index contributed by atoms with van der Waals surface area (Å²) in [6.07, 6.45) is 4.37. The minimum Gasteiger partial charge on any atom is -0.508 e. The lowest BCUT2D eigenvalue weighted by Gasteiger charge is -2.37. The highest BCUT2D eigenvalue weighted by atomic mass is 79.9. The summed E-state index contributed by atoms with van der Waals surface area (Å²) in [7, 11) is 0. The molecule has 104 valence electrons. The third-order valence-corrected chi connectivity index (χ3v) is 4.33. The van der Waals surface area contributed by atoms with Gasteiger partial charge in [-0.1, -0.05) is 22.0 Å². The van der Waals surface area contributed by atoms with E-state index in [0.29, 0.717) is 11.6 Å². The average Bonchev–Trinajstić information content (AvgIpc) is 2.34. The van der Waals surface area contributed by atoms with Crippen molar-refractivity contribution in [3.8, 4) is 5.75 Å². The van der Waals surface area contributed by atoms with Crippen molar-refractivity contribution >= 4 is 21.8 Å². The smallest absolute Gasteiger partial charge is 0.254 e. The molecular weight excluding hydrogens is 306 g/mol. The van der Waals surface area contributed by atoms with Gasteiger partial charge in [-0.2, -0.15) is 0 Å². The van der Waals surface area contributed by atoms with Gasteiger partial charge in [0.2, 0.25) is 0 Å². The first-order valence-electron chi connectivity index (χ1n) is 6.80. The van der Waals surface area contributed by atoms with Gasteiger partial charge < -0.3 is 10.0 Å². The number of hydrogen-bond donors (Lipinski definition) is 1. The molecule has 1 aliphatic rings. The molecule has 0 atom stereocenters. The summed E-state index contributed by atoms with van der Waals surface area (Å²) >= 11 is 3.42. The molecule has 19 heavy (non-hydrogen) atoms. The van der Waals surface area contributed by atoms with Crippen molar-refractivity contribution in [1.29, 1.82) is 0 Å². The number of carbonyl (C=O) groups excluding carboxylic acids is 1. The Morgan fingerprint density at radius 3 is 2.74 bits per heavy atom. The van der Waals surface area contributed by atoms with Gasteiger partial charge in [-0.05, 0) is 50.3 Å². The summed E-state index contributed by atoms with van der Waals surface area (Å²) in [6.45, 7) is 2.61. The topological polar surface area (TPSA) is 40.5 Å². The number of benzene rings is 1. The number of nitrogens with zero attached hydrogens (tertiary/aromatic N) is 1. The van der Waals surface area contributed by atoms with Crippen LogP contribution in [0.1, 0.15) is 41.6 Å². The van der Waals surface area contributed by atoms with E-state index in [1.54, 1.807) is 18.2 Å². The maximum atomic E-state index is 12.5. The largest absolute Gasteiger partial charge is 0.508 e. The summed E-state index contributed by atoms with van der Waals surface area (Å²) in [5.41, 5.74) is 1.39. The molecule has 1 aliphatic carbocycles. The van der Waals surface area contributed by atoms with Gasteiger partial charge in [-0.15, -0.1) is 0 Å². The van der Waals surface area contributed by atoms with Crippen LogP contribution in [0.15, 0.2) is 18.2 Å². The van der Waals surface area contributed by atoms with Crippen LogP contribution in [0.25, 0.3) is 0 Å². The van der Waals surface area contributed by atoms with Crippen molar-refractivity contribution in [2.24, 2.45) is 0 Å². The standard InChI is InChI=1S/C15H20BrNO2/c1-11-6-7-12(10-14(11)18)15(19)17(9-3-8-16)13-4-2-5-13/h6-7,10,13,18H,2-5,8-9H2,1H3. The van der Waals surface area contributed by atoms with Gasteiger partial charge in [0.15, 0.2) is 0 Å². The number of rotatable bonds is 5. The molecule has 1 aromatic rings. The molecule has 0 aliphatic heterocycles. The second-order valence-corrected chi connectivity index (χ2v) is 5.92. The lowest BCUT2D eigenvalue weighted by Crippen LogP contribution is -2.44. The van der Waals surface area contributed by atoms with Gasteiger partial charge in [0.1, 0.15) is 5.75 Å². The number of aromatic hydroxyl groups is 1.